The number of rotatable bonds is 4. The summed E-state index contributed by atoms with van der Waals surface area (Å²) < 4.78 is 68.4. The van der Waals surface area contributed by atoms with Gasteiger partial charge in [0.1, 0.15) is 18.2 Å². The summed E-state index contributed by atoms with van der Waals surface area (Å²) in [6.45, 7) is -0.762. The molecule has 2 amide bonds. The number of carbonyl (C=O) groups is 2. The van der Waals surface area contributed by atoms with Crippen LogP contribution in [0.3, 0.4) is 0 Å². The second-order valence-electron chi connectivity index (χ2n) is 7.86. The first-order valence-electron chi connectivity index (χ1n) is 10.0. The maximum atomic E-state index is 13.9. The summed E-state index contributed by atoms with van der Waals surface area (Å²) in [6, 6.07) is 3.81. The van der Waals surface area contributed by atoms with Crippen molar-refractivity contribution >= 4 is 29.1 Å². The third-order valence-corrected chi connectivity index (χ3v) is 5.95. The molecule has 1 aromatic carbocycles. The van der Waals surface area contributed by atoms with E-state index in [-0.39, 0.29) is 34.2 Å². The molecule has 3 N–H and O–H groups in total. The number of carbonyl (C=O) groups excluding carboxylic acids is 2. The Hall–Kier alpha value is -3.18. The molecule has 0 radical (unpaired) electrons. The van der Waals surface area contributed by atoms with Crippen LogP contribution < -0.4 is 10.6 Å². The second-order valence-corrected chi connectivity index (χ2v) is 8.27. The minimum Gasteiger partial charge on any atom is -0.390 e. The molecule has 2 atom stereocenters. The van der Waals surface area contributed by atoms with Crippen LogP contribution in [0, 0.1) is 11.7 Å². The number of nitrogens with one attached hydrogen (secondary N) is 2. The van der Waals surface area contributed by atoms with E-state index in [2.05, 4.69) is 10.6 Å². The van der Waals surface area contributed by atoms with E-state index in [1.807, 2.05) is 0 Å². The van der Waals surface area contributed by atoms with Crippen molar-refractivity contribution in [3.63, 3.8) is 0 Å². The van der Waals surface area contributed by atoms with E-state index in [0.717, 1.165) is 18.2 Å². The van der Waals surface area contributed by atoms with E-state index in [1.54, 1.807) is 0 Å². The molecule has 0 bridgehead atoms. The molecule has 0 saturated carbocycles. The van der Waals surface area contributed by atoms with Crippen molar-refractivity contribution in [2.75, 3.05) is 5.32 Å². The maximum Gasteiger partial charge on any atom is 0.412 e. The lowest BCUT2D eigenvalue weighted by Gasteiger charge is -2.29. The molecule has 0 saturated heterocycles. The number of allylic oxidation sites excluding steroid dienone is 3. The largest absolute Gasteiger partial charge is 0.412 e. The van der Waals surface area contributed by atoms with Crippen LogP contribution in [0.4, 0.5) is 27.6 Å². The maximum absolute atomic E-state index is 13.9. The average Bonchev–Trinajstić information content (AvgIpc) is 3.11. The number of fused-ring (bicyclic) bond motifs is 1. The molecule has 4 rings (SSSR count). The summed E-state index contributed by atoms with van der Waals surface area (Å²) in [7, 11) is 0. The zero-order valence-corrected chi connectivity index (χ0v) is 18.0. The molecule has 12 heteroatoms. The fraction of sp³-hybridized carbons (Fsp3) is 0.273. The average molecular weight is 502 g/mol. The quantitative estimate of drug-likeness (QED) is 0.547. The highest BCUT2D eigenvalue weighted by molar-refractivity contribution is 6.31. The van der Waals surface area contributed by atoms with Crippen LogP contribution in [0.25, 0.3) is 0 Å². The fourth-order valence-corrected chi connectivity index (χ4v) is 4.31. The highest BCUT2D eigenvalue weighted by Crippen LogP contribution is 2.39. The van der Waals surface area contributed by atoms with Crippen LogP contribution in [0.15, 0.2) is 47.8 Å². The third kappa shape index (κ3) is 4.58. The van der Waals surface area contributed by atoms with Crippen LogP contribution >= 0.6 is 11.6 Å². The zero-order valence-electron chi connectivity index (χ0n) is 17.2. The molecule has 2 unspecified atom stereocenters. The van der Waals surface area contributed by atoms with Gasteiger partial charge in [-0.25, -0.2) is 8.78 Å². The lowest BCUT2D eigenvalue weighted by atomic mass is 9.92. The summed E-state index contributed by atoms with van der Waals surface area (Å²) in [5.74, 6) is -4.68. The first-order valence-corrected chi connectivity index (χ1v) is 10.4. The van der Waals surface area contributed by atoms with Gasteiger partial charge in [0.2, 0.25) is 11.8 Å². The molecular weight excluding hydrogens is 485 g/mol. The van der Waals surface area contributed by atoms with E-state index >= 15 is 0 Å². The smallest absolute Gasteiger partial charge is 0.390 e. The molecule has 1 aliphatic heterocycles. The van der Waals surface area contributed by atoms with Crippen molar-refractivity contribution in [2.45, 2.75) is 31.8 Å². The van der Waals surface area contributed by atoms with Crippen molar-refractivity contribution in [2.24, 2.45) is 5.92 Å². The van der Waals surface area contributed by atoms with Crippen molar-refractivity contribution in [1.82, 2.24) is 9.88 Å². The van der Waals surface area contributed by atoms with Crippen LogP contribution in [-0.4, -0.2) is 27.7 Å². The number of alkyl halides is 3. The van der Waals surface area contributed by atoms with Gasteiger partial charge in [-0.05, 0) is 42.8 Å². The molecule has 1 aromatic heterocycles. The zero-order chi connectivity index (χ0) is 24.8. The first kappa shape index (κ1) is 24.0. The molecule has 1 aliphatic carbocycles. The number of aromatic nitrogens is 1. The SMILES string of the molecule is O=C1Cn2c(CO)cc(NC(=O)C3C=C(F)C=C(C(F)(F)F)C3)c2C(c2cc(F)ccc2Cl)N1. The Bertz CT molecular complexity index is 1240. The Kier molecular flexibility index (Phi) is 6.26. The van der Waals surface area contributed by atoms with Gasteiger partial charge in [0, 0.05) is 21.9 Å². The van der Waals surface area contributed by atoms with Crippen LogP contribution in [0.5, 0.6) is 0 Å². The molecular formula is C22H17ClF5N3O3. The Labute approximate surface area is 194 Å². The number of amides is 2. The molecule has 0 spiro atoms. The van der Waals surface area contributed by atoms with Gasteiger partial charge < -0.3 is 20.3 Å². The van der Waals surface area contributed by atoms with Crippen molar-refractivity contribution in [3.8, 4) is 0 Å². The highest BCUT2D eigenvalue weighted by atomic mass is 35.5. The van der Waals surface area contributed by atoms with Gasteiger partial charge in [-0.15, -0.1) is 0 Å². The Morgan fingerprint density at radius 3 is 2.68 bits per heavy atom. The topological polar surface area (TPSA) is 83.4 Å². The summed E-state index contributed by atoms with van der Waals surface area (Å²) in [5, 5.41) is 15.0. The minimum absolute atomic E-state index is 0.0521. The van der Waals surface area contributed by atoms with Gasteiger partial charge in [0.05, 0.1) is 29.9 Å². The predicted octanol–water partition coefficient (Wildman–Crippen LogP) is 4.29. The van der Waals surface area contributed by atoms with E-state index in [9.17, 15) is 36.6 Å². The van der Waals surface area contributed by atoms with Gasteiger partial charge >= 0.3 is 6.18 Å². The number of aliphatic hydroxyl groups is 1. The number of benzene rings is 1. The Morgan fingerprint density at radius 1 is 1.26 bits per heavy atom. The van der Waals surface area contributed by atoms with Gasteiger partial charge in [0.25, 0.3) is 0 Å². The standard InChI is InChI=1S/C22H17ClF5N3O3/c23-16-2-1-12(24)6-15(16)19-20-17(7-14(9-32)31(20)8-18(33)30-19)29-21(34)10-3-11(22(26,27)28)5-13(25)4-10/h1-2,4-7,10,19,32H,3,8-9H2,(H,29,34)(H,30,33). The van der Waals surface area contributed by atoms with E-state index in [1.165, 1.54) is 16.7 Å². The summed E-state index contributed by atoms with van der Waals surface area (Å²) >= 11 is 6.21. The highest BCUT2D eigenvalue weighted by Gasteiger charge is 2.39. The second kappa shape index (κ2) is 8.88. The number of aliphatic hydroxyl groups excluding tert-OH is 1. The van der Waals surface area contributed by atoms with Crippen LogP contribution in [-0.2, 0) is 22.7 Å². The number of nitrogens with zero attached hydrogens (tertiary/aromatic N) is 1. The van der Waals surface area contributed by atoms with Crippen LogP contribution in [0.2, 0.25) is 5.02 Å². The molecule has 0 fully saturated rings. The Balaban J connectivity index is 1.72. The summed E-state index contributed by atoms with van der Waals surface area (Å²) in [4.78, 5) is 25.2. The number of hydrogen-bond donors (Lipinski definition) is 3. The molecule has 2 aromatic rings. The first-order chi connectivity index (χ1) is 16.0. The molecule has 2 aliphatic rings. The fourth-order valence-electron chi connectivity index (χ4n) is 4.08. The van der Waals surface area contributed by atoms with Gasteiger partial charge in [-0.1, -0.05) is 11.6 Å². The Morgan fingerprint density at radius 2 is 2.00 bits per heavy atom. The molecule has 34 heavy (non-hydrogen) atoms. The summed E-state index contributed by atoms with van der Waals surface area (Å²) in [6.07, 6.45) is -4.44. The minimum atomic E-state index is -4.80. The van der Waals surface area contributed by atoms with E-state index < -0.39 is 60.2 Å². The lowest BCUT2D eigenvalue weighted by molar-refractivity contribution is -0.123. The predicted molar refractivity (Wildman–Crippen MR) is 112 cm³/mol. The van der Waals surface area contributed by atoms with Crippen molar-refractivity contribution in [1.29, 1.82) is 0 Å². The normalized spacial score (nSPS) is 20.3. The van der Waals surface area contributed by atoms with Crippen molar-refractivity contribution in [3.05, 3.63) is 75.6 Å². The van der Waals surface area contributed by atoms with Crippen molar-refractivity contribution < 1.29 is 36.6 Å². The van der Waals surface area contributed by atoms with E-state index in [4.69, 9.17) is 11.6 Å². The number of hydrogen-bond acceptors (Lipinski definition) is 3. The van der Waals surface area contributed by atoms with E-state index in [0.29, 0.717) is 6.08 Å². The number of anilines is 1. The van der Waals surface area contributed by atoms with Gasteiger partial charge in [-0.2, -0.15) is 13.2 Å². The molecule has 2 heterocycles. The molecule has 6 nitrogen and oxygen atoms in total. The van der Waals surface area contributed by atoms with Gasteiger partial charge in [0.15, 0.2) is 0 Å². The molecule has 180 valence electrons. The monoisotopic (exact) mass is 501 g/mol. The summed E-state index contributed by atoms with van der Waals surface area (Å²) in [5.41, 5.74) is -0.509. The van der Waals surface area contributed by atoms with Crippen LogP contribution in [0.1, 0.15) is 29.4 Å². The number of halogens is 6. The lowest BCUT2D eigenvalue weighted by Crippen LogP contribution is -2.40. The third-order valence-electron chi connectivity index (χ3n) is 5.61. The van der Waals surface area contributed by atoms with Gasteiger partial charge in [-0.3, -0.25) is 9.59 Å².